The molecule has 0 saturated heterocycles. The van der Waals surface area contributed by atoms with Gasteiger partial charge in [0.25, 0.3) is 5.91 Å². The van der Waals surface area contributed by atoms with E-state index >= 15 is 0 Å². The summed E-state index contributed by atoms with van der Waals surface area (Å²) in [6, 6.07) is 24.7. The third kappa shape index (κ3) is 6.07. The zero-order valence-corrected chi connectivity index (χ0v) is 17.0. The average Bonchev–Trinajstić information content (AvgIpc) is 2.74. The zero-order chi connectivity index (χ0) is 21.3. The highest BCUT2D eigenvalue weighted by molar-refractivity contribution is 6.08. The van der Waals surface area contributed by atoms with Crippen LogP contribution in [0, 0.1) is 6.92 Å². The van der Waals surface area contributed by atoms with Gasteiger partial charge in [0.2, 0.25) is 5.91 Å². The summed E-state index contributed by atoms with van der Waals surface area (Å²) >= 11 is 0. The highest BCUT2D eigenvalue weighted by Crippen LogP contribution is 2.18. The number of aryl methyl sites for hydroxylation is 1. The maximum atomic E-state index is 12.7. The van der Waals surface area contributed by atoms with E-state index in [0.29, 0.717) is 18.0 Å². The number of hydrogen-bond donors (Lipinski definition) is 2. The minimum absolute atomic E-state index is 0.182. The van der Waals surface area contributed by atoms with E-state index in [4.69, 9.17) is 4.74 Å². The van der Waals surface area contributed by atoms with Crippen LogP contribution >= 0.6 is 0 Å². The topological polar surface area (TPSA) is 67.4 Å². The Morgan fingerprint density at radius 3 is 2.23 bits per heavy atom. The number of anilines is 1. The maximum Gasteiger partial charge on any atom is 0.272 e. The van der Waals surface area contributed by atoms with E-state index in [1.165, 1.54) is 6.92 Å². The Bertz CT molecular complexity index is 1040. The van der Waals surface area contributed by atoms with Gasteiger partial charge >= 0.3 is 0 Å². The molecule has 0 aliphatic carbocycles. The summed E-state index contributed by atoms with van der Waals surface area (Å²) in [5.74, 6) is -0.00422. The fourth-order valence-corrected chi connectivity index (χ4v) is 2.83. The fourth-order valence-electron chi connectivity index (χ4n) is 2.83. The molecule has 0 saturated carbocycles. The van der Waals surface area contributed by atoms with Crippen LogP contribution in [0.2, 0.25) is 0 Å². The van der Waals surface area contributed by atoms with Gasteiger partial charge in [-0.25, -0.2) is 0 Å². The van der Waals surface area contributed by atoms with Crippen molar-refractivity contribution in [1.82, 2.24) is 5.32 Å². The van der Waals surface area contributed by atoms with E-state index in [1.54, 1.807) is 30.3 Å². The van der Waals surface area contributed by atoms with Gasteiger partial charge in [-0.1, -0.05) is 54.6 Å². The summed E-state index contributed by atoms with van der Waals surface area (Å²) in [6.07, 6.45) is 1.67. The molecular formula is C25H24N2O3. The molecule has 0 aliphatic heterocycles. The Balaban J connectivity index is 1.68. The van der Waals surface area contributed by atoms with E-state index in [-0.39, 0.29) is 11.6 Å². The van der Waals surface area contributed by atoms with Crippen LogP contribution in [0.1, 0.15) is 23.6 Å². The Hall–Kier alpha value is -3.86. The van der Waals surface area contributed by atoms with E-state index in [2.05, 4.69) is 10.6 Å². The van der Waals surface area contributed by atoms with Gasteiger partial charge in [0, 0.05) is 12.6 Å². The summed E-state index contributed by atoms with van der Waals surface area (Å²) in [6.45, 7) is 3.79. The number of amides is 2. The van der Waals surface area contributed by atoms with Gasteiger partial charge in [0.05, 0.1) is 0 Å². The standard InChI is InChI=1S/C25H24N2O3/c1-18-8-6-7-11-21(18)16-24(26-19(2)28)25(29)27-22-12-14-23(15-13-22)30-17-20-9-4-3-5-10-20/h3-16H,17H2,1-2H3,(H,26,28)(H,27,29)/b24-16+. The molecule has 2 N–H and O–H groups in total. The van der Waals surface area contributed by atoms with Crippen molar-refractivity contribution < 1.29 is 14.3 Å². The fraction of sp³-hybridized carbons (Fsp3) is 0.120. The molecule has 0 unspecified atom stereocenters. The molecule has 5 heteroatoms. The zero-order valence-electron chi connectivity index (χ0n) is 17.0. The molecule has 0 heterocycles. The molecule has 0 fully saturated rings. The van der Waals surface area contributed by atoms with Crippen molar-refractivity contribution in [2.24, 2.45) is 0 Å². The first kappa shape index (κ1) is 20.9. The molecule has 0 spiro atoms. The number of benzene rings is 3. The summed E-state index contributed by atoms with van der Waals surface area (Å²) in [4.78, 5) is 24.3. The second-order valence-corrected chi connectivity index (χ2v) is 6.85. The van der Waals surface area contributed by atoms with E-state index in [9.17, 15) is 9.59 Å². The van der Waals surface area contributed by atoms with Crippen LogP contribution in [0.5, 0.6) is 5.75 Å². The number of nitrogens with one attached hydrogen (secondary N) is 2. The van der Waals surface area contributed by atoms with E-state index < -0.39 is 5.91 Å². The first-order valence-corrected chi connectivity index (χ1v) is 9.64. The number of hydrogen-bond acceptors (Lipinski definition) is 3. The number of carbonyl (C=O) groups is 2. The Morgan fingerprint density at radius 2 is 1.57 bits per heavy atom. The van der Waals surface area contributed by atoms with Gasteiger partial charge in [-0.2, -0.15) is 0 Å². The highest BCUT2D eigenvalue weighted by Gasteiger charge is 2.12. The van der Waals surface area contributed by atoms with E-state index in [0.717, 1.165) is 16.7 Å². The average molecular weight is 400 g/mol. The lowest BCUT2D eigenvalue weighted by atomic mass is 10.1. The molecule has 152 valence electrons. The molecule has 0 bridgehead atoms. The van der Waals surface area contributed by atoms with E-state index in [1.807, 2.05) is 61.5 Å². The van der Waals surface area contributed by atoms with Gasteiger partial charge in [-0.05, 0) is 54.0 Å². The van der Waals surface area contributed by atoms with Crippen LogP contribution in [0.25, 0.3) is 6.08 Å². The largest absolute Gasteiger partial charge is 0.489 e. The molecular weight excluding hydrogens is 376 g/mol. The number of carbonyl (C=O) groups excluding carboxylic acids is 2. The lowest BCUT2D eigenvalue weighted by molar-refractivity contribution is -0.120. The summed E-state index contributed by atoms with van der Waals surface area (Å²) < 4.78 is 5.76. The van der Waals surface area contributed by atoms with Crippen LogP contribution in [-0.4, -0.2) is 11.8 Å². The Morgan fingerprint density at radius 1 is 0.900 bits per heavy atom. The predicted molar refractivity (Wildman–Crippen MR) is 119 cm³/mol. The number of rotatable bonds is 7. The van der Waals surface area contributed by atoms with Crippen LogP contribution in [0.3, 0.4) is 0 Å². The van der Waals surface area contributed by atoms with Crippen LogP contribution in [-0.2, 0) is 16.2 Å². The molecule has 0 aromatic heterocycles. The third-order valence-corrected chi connectivity index (χ3v) is 4.40. The maximum absolute atomic E-state index is 12.7. The quantitative estimate of drug-likeness (QED) is 0.566. The van der Waals surface area contributed by atoms with Crippen molar-refractivity contribution >= 4 is 23.6 Å². The molecule has 0 aliphatic rings. The van der Waals surface area contributed by atoms with Crippen molar-refractivity contribution in [3.63, 3.8) is 0 Å². The van der Waals surface area contributed by atoms with Gasteiger partial charge in [-0.15, -0.1) is 0 Å². The molecule has 3 aromatic rings. The second-order valence-electron chi connectivity index (χ2n) is 6.85. The highest BCUT2D eigenvalue weighted by atomic mass is 16.5. The number of ether oxygens (including phenoxy) is 1. The van der Waals surface area contributed by atoms with Crippen LogP contribution in [0.15, 0.2) is 84.6 Å². The molecule has 2 amide bonds. The minimum Gasteiger partial charge on any atom is -0.489 e. The first-order valence-electron chi connectivity index (χ1n) is 9.64. The molecule has 30 heavy (non-hydrogen) atoms. The summed E-state index contributed by atoms with van der Waals surface area (Å²) in [5.41, 5.74) is 3.74. The lowest BCUT2D eigenvalue weighted by Crippen LogP contribution is -2.29. The normalized spacial score (nSPS) is 10.9. The van der Waals surface area contributed by atoms with Crippen molar-refractivity contribution in [2.75, 3.05) is 5.32 Å². The minimum atomic E-state index is -0.397. The smallest absolute Gasteiger partial charge is 0.272 e. The van der Waals surface area contributed by atoms with Crippen molar-refractivity contribution in [2.45, 2.75) is 20.5 Å². The summed E-state index contributed by atoms with van der Waals surface area (Å²) in [5, 5.41) is 5.42. The van der Waals surface area contributed by atoms with Gasteiger partial charge in [-0.3, -0.25) is 9.59 Å². The van der Waals surface area contributed by atoms with Gasteiger partial charge in [0.15, 0.2) is 0 Å². The Kier molecular flexibility index (Phi) is 7.00. The molecule has 5 nitrogen and oxygen atoms in total. The predicted octanol–water partition coefficient (Wildman–Crippen LogP) is 4.69. The van der Waals surface area contributed by atoms with Gasteiger partial charge in [0.1, 0.15) is 18.1 Å². The summed E-state index contributed by atoms with van der Waals surface area (Å²) in [7, 11) is 0. The monoisotopic (exact) mass is 400 g/mol. The van der Waals surface area contributed by atoms with Crippen molar-refractivity contribution in [3.05, 3.63) is 101 Å². The van der Waals surface area contributed by atoms with Crippen LogP contribution < -0.4 is 15.4 Å². The first-order chi connectivity index (χ1) is 14.5. The van der Waals surface area contributed by atoms with Gasteiger partial charge < -0.3 is 15.4 Å². The second kappa shape index (κ2) is 10.1. The molecule has 0 radical (unpaired) electrons. The molecule has 0 atom stereocenters. The third-order valence-electron chi connectivity index (χ3n) is 4.40. The SMILES string of the molecule is CC(=O)N/C(=C/c1ccccc1C)C(=O)Nc1ccc(OCc2ccccc2)cc1. The Labute approximate surface area is 176 Å². The lowest BCUT2D eigenvalue weighted by Gasteiger charge is -2.11. The van der Waals surface area contributed by atoms with Crippen LogP contribution in [0.4, 0.5) is 5.69 Å². The molecule has 3 rings (SSSR count). The molecule has 3 aromatic carbocycles. The van der Waals surface area contributed by atoms with Crippen molar-refractivity contribution in [1.29, 1.82) is 0 Å². The van der Waals surface area contributed by atoms with Crippen molar-refractivity contribution in [3.8, 4) is 5.75 Å².